The van der Waals surface area contributed by atoms with Gasteiger partial charge in [-0.15, -0.1) is 0 Å². The van der Waals surface area contributed by atoms with Crippen LogP contribution >= 0.6 is 0 Å². The molecule has 3 heterocycles. The Hall–Kier alpha value is -2.93. The van der Waals surface area contributed by atoms with Crippen LogP contribution in [0.3, 0.4) is 0 Å². The van der Waals surface area contributed by atoms with Gasteiger partial charge in [0.25, 0.3) is 5.91 Å². The van der Waals surface area contributed by atoms with Crippen molar-refractivity contribution in [3.8, 4) is 0 Å². The number of hydrogen-bond acceptors (Lipinski definition) is 5. The minimum Gasteiger partial charge on any atom is -0.370 e. The predicted octanol–water partition coefficient (Wildman–Crippen LogP) is 1.40. The number of nitrogens with one attached hydrogen (secondary N) is 2. The molecule has 2 aromatic carbocycles. The van der Waals surface area contributed by atoms with Crippen molar-refractivity contribution in [2.75, 3.05) is 36.0 Å². The highest BCUT2D eigenvalue weighted by Crippen LogP contribution is 2.43. The number of anilines is 2. The van der Waals surface area contributed by atoms with Gasteiger partial charge in [0.2, 0.25) is 11.8 Å². The highest BCUT2D eigenvalue weighted by Gasteiger charge is 2.41. The van der Waals surface area contributed by atoms with E-state index in [0.717, 1.165) is 54.7 Å². The summed E-state index contributed by atoms with van der Waals surface area (Å²) in [7, 11) is 0. The van der Waals surface area contributed by atoms with Gasteiger partial charge in [-0.2, -0.15) is 0 Å². The predicted molar refractivity (Wildman–Crippen MR) is 107 cm³/mol. The third-order valence-corrected chi connectivity index (χ3v) is 5.91. The molecule has 5 rings (SSSR count). The Morgan fingerprint density at radius 2 is 1.86 bits per heavy atom. The number of benzene rings is 2. The topological polar surface area (TPSA) is 81.8 Å². The molecule has 2 N–H and O–H groups in total. The zero-order valence-electron chi connectivity index (χ0n) is 15.5. The normalized spacial score (nSPS) is 22.6. The summed E-state index contributed by atoms with van der Waals surface area (Å²) in [5.41, 5.74) is 2.52. The quantitative estimate of drug-likeness (QED) is 0.772. The number of piperidine rings is 1. The molecule has 0 bridgehead atoms. The largest absolute Gasteiger partial charge is 0.370 e. The van der Waals surface area contributed by atoms with E-state index in [2.05, 4.69) is 21.6 Å². The summed E-state index contributed by atoms with van der Waals surface area (Å²) in [4.78, 5) is 41.1. The summed E-state index contributed by atoms with van der Waals surface area (Å²) in [5.74, 6) is -0.835. The van der Waals surface area contributed by atoms with Gasteiger partial charge in [0.1, 0.15) is 6.04 Å². The maximum atomic E-state index is 13.2. The molecule has 3 aliphatic heterocycles. The van der Waals surface area contributed by atoms with Crippen molar-refractivity contribution >= 4 is 39.9 Å². The van der Waals surface area contributed by atoms with Crippen molar-refractivity contribution in [3.05, 3.63) is 35.9 Å². The summed E-state index contributed by atoms with van der Waals surface area (Å²) in [6.45, 7) is 3.84. The second-order valence-electron chi connectivity index (χ2n) is 7.56. The number of hydrogen-bond donors (Lipinski definition) is 2. The molecule has 28 heavy (non-hydrogen) atoms. The Bertz CT molecular complexity index is 995. The highest BCUT2D eigenvalue weighted by atomic mass is 16.2. The molecule has 0 aliphatic carbocycles. The summed E-state index contributed by atoms with van der Waals surface area (Å²) in [6.07, 6.45) is 1.67. The molecule has 144 valence electrons. The van der Waals surface area contributed by atoms with Crippen LogP contribution in [-0.4, -0.2) is 49.9 Å². The van der Waals surface area contributed by atoms with Crippen molar-refractivity contribution in [2.45, 2.75) is 25.3 Å². The zero-order valence-corrected chi connectivity index (χ0v) is 15.5. The molecule has 0 saturated carbocycles. The van der Waals surface area contributed by atoms with E-state index in [-0.39, 0.29) is 18.2 Å². The number of rotatable bonds is 2. The van der Waals surface area contributed by atoms with E-state index >= 15 is 0 Å². The van der Waals surface area contributed by atoms with Crippen molar-refractivity contribution in [1.29, 1.82) is 0 Å². The summed E-state index contributed by atoms with van der Waals surface area (Å²) in [5, 5.41) is 7.74. The standard InChI is InChI=1S/C21H22N4O3/c26-18-8-7-17(20(27)23-18)25-16-4-1-3-13-15(24-11-2-9-22-10-12-24)6-5-14(19(13)16)21(25)28/h1,3-6,17,22H,2,7-12H2,(H,23,26,27). The van der Waals surface area contributed by atoms with Crippen LogP contribution < -0.4 is 20.4 Å². The van der Waals surface area contributed by atoms with Gasteiger partial charge in [-0.05, 0) is 37.6 Å². The molecule has 0 radical (unpaired) electrons. The lowest BCUT2D eigenvalue weighted by Crippen LogP contribution is -2.53. The fourth-order valence-electron chi connectivity index (χ4n) is 4.59. The minimum absolute atomic E-state index is 0.162. The van der Waals surface area contributed by atoms with Crippen molar-refractivity contribution < 1.29 is 14.4 Å². The van der Waals surface area contributed by atoms with Gasteiger partial charge in [0, 0.05) is 42.5 Å². The maximum absolute atomic E-state index is 13.2. The van der Waals surface area contributed by atoms with Gasteiger partial charge in [0.05, 0.1) is 11.3 Å². The Morgan fingerprint density at radius 1 is 0.964 bits per heavy atom. The van der Waals surface area contributed by atoms with Gasteiger partial charge < -0.3 is 10.2 Å². The lowest BCUT2D eigenvalue weighted by molar-refractivity contribution is -0.134. The van der Waals surface area contributed by atoms with Gasteiger partial charge in [-0.3, -0.25) is 24.6 Å². The van der Waals surface area contributed by atoms with E-state index in [1.54, 1.807) is 4.90 Å². The van der Waals surface area contributed by atoms with E-state index in [1.165, 1.54) is 0 Å². The monoisotopic (exact) mass is 378 g/mol. The second-order valence-corrected chi connectivity index (χ2v) is 7.56. The fraction of sp³-hybridized carbons (Fsp3) is 0.381. The maximum Gasteiger partial charge on any atom is 0.259 e. The van der Waals surface area contributed by atoms with Crippen LogP contribution in [0.4, 0.5) is 11.4 Å². The van der Waals surface area contributed by atoms with E-state index in [0.29, 0.717) is 12.0 Å². The third kappa shape index (κ3) is 2.57. The molecule has 1 unspecified atom stereocenters. The Labute approximate surface area is 162 Å². The van der Waals surface area contributed by atoms with Gasteiger partial charge in [-0.1, -0.05) is 12.1 Å². The fourth-order valence-corrected chi connectivity index (χ4v) is 4.59. The zero-order chi connectivity index (χ0) is 19.3. The average molecular weight is 378 g/mol. The van der Waals surface area contributed by atoms with Gasteiger partial charge >= 0.3 is 0 Å². The van der Waals surface area contributed by atoms with Crippen LogP contribution in [-0.2, 0) is 9.59 Å². The van der Waals surface area contributed by atoms with Crippen LogP contribution in [0.15, 0.2) is 30.3 Å². The first-order valence-electron chi connectivity index (χ1n) is 9.84. The number of amides is 3. The number of carbonyl (C=O) groups is 3. The molecular formula is C21H22N4O3. The van der Waals surface area contributed by atoms with E-state index in [9.17, 15) is 14.4 Å². The molecule has 2 fully saturated rings. The number of nitrogens with zero attached hydrogens (tertiary/aromatic N) is 2. The Morgan fingerprint density at radius 3 is 2.71 bits per heavy atom. The van der Waals surface area contributed by atoms with Crippen LogP contribution in [0.2, 0.25) is 0 Å². The highest BCUT2D eigenvalue weighted by molar-refractivity contribution is 6.28. The second kappa shape index (κ2) is 6.60. The molecule has 1 atom stereocenters. The minimum atomic E-state index is -0.644. The van der Waals surface area contributed by atoms with Crippen LogP contribution in [0, 0.1) is 0 Å². The Kier molecular flexibility index (Phi) is 4.05. The molecule has 7 heteroatoms. The SMILES string of the molecule is O=C1CCC(N2C(=O)c3ccc(N4CCCNCC4)c4cccc2c34)C(=O)N1. The van der Waals surface area contributed by atoms with Crippen molar-refractivity contribution in [2.24, 2.45) is 0 Å². The Balaban J connectivity index is 1.60. The third-order valence-electron chi connectivity index (χ3n) is 5.91. The van der Waals surface area contributed by atoms with Crippen LogP contribution in [0.5, 0.6) is 0 Å². The molecule has 0 aromatic heterocycles. The van der Waals surface area contributed by atoms with E-state index < -0.39 is 11.9 Å². The average Bonchev–Trinajstić information content (AvgIpc) is 2.87. The lowest BCUT2D eigenvalue weighted by atomic mass is 10.0. The molecule has 0 spiro atoms. The first-order valence-corrected chi connectivity index (χ1v) is 9.84. The van der Waals surface area contributed by atoms with Crippen molar-refractivity contribution in [3.63, 3.8) is 0 Å². The molecule has 2 saturated heterocycles. The molecule has 2 aromatic rings. The first kappa shape index (κ1) is 17.2. The van der Waals surface area contributed by atoms with Crippen LogP contribution in [0.25, 0.3) is 10.8 Å². The summed E-state index contributed by atoms with van der Waals surface area (Å²) < 4.78 is 0. The smallest absolute Gasteiger partial charge is 0.259 e. The number of carbonyl (C=O) groups excluding carboxylic acids is 3. The lowest BCUT2D eigenvalue weighted by Gasteiger charge is -2.30. The van der Waals surface area contributed by atoms with E-state index in [1.807, 2.05) is 24.3 Å². The summed E-state index contributed by atoms with van der Waals surface area (Å²) >= 11 is 0. The van der Waals surface area contributed by atoms with Crippen LogP contribution in [0.1, 0.15) is 29.6 Å². The summed E-state index contributed by atoms with van der Waals surface area (Å²) in [6, 6.07) is 9.16. The van der Waals surface area contributed by atoms with E-state index in [4.69, 9.17) is 0 Å². The molecule has 3 amide bonds. The molecule has 7 nitrogen and oxygen atoms in total. The number of imide groups is 1. The first-order chi connectivity index (χ1) is 13.6. The molecular weight excluding hydrogens is 356 g/mol. The molecule has 3 aliphatic rings. The van der Waals surface area contributed by atoms with Gasteiger partial charge in [-0.25, -0.2) is 0 Å². The van der Waals surface area contributed by atoms with Gasteiger partial charge in [0.15, 0.2) is 0 Å². The van der Waals surface area contributed by atoms with Crippen molar-refractivity contribution in [1.82, 2.24) is 10.6 Å².